The maximum absolute atomic E-state index is 13.0. The summed E-state index contributed by atoms with van der Waals surface area (Å²) in [5.74, 6) is -0.413. The van der Waals surface area contributed by atoms with Crippen molar-refractivity contribution < 1.29 is 4.39 Å². The van der Waals surface area contributed by atoms with Gasteiger partial charge in [-0.1, -0.05) is 23.7 Å². The Labute approximate surface area is 70.0 Å². The lowest BCUT2D eigenvalue weighted by Gasteiger charge is -2.06. The Balaban J connectivity index is 3.17. The zero-order valence-electron chi connectivity index (χ0n) is 6.14. The Morgan fingerprint density at radius 2 is 2.18 bits per heavy atom. The molecule has 0 heterocycles. The summed E-state index contributed by atoms with van der Waals surface area (Å²) in [7, 11) is 0. The molecule has 60 valence electrons. The van der Waals surface area contributed by atoms with E-state index in [1.807, 2.05) is 0 Å². The summed E-state index contributed by atoms with van der Waals surface area (Å²) in [5, 5.41) is 0.125. The van der Waals surface area contributed by atoms with Crippen LogP contribution in [-0.4, -0.2) is 0 Å². The molecule has 0 saturated carbocycles. The van der Waals surface area contributed by atoms with E-state index in [9.17, 15) is 4.39 Å². The van der Waals surface area contributed by atoms with Crippen LogP contribution in [0.15, 0.2) is 18.2 Å². The van der Waals surface area contributed by atoms with Gasteiger partial charge in [-0.25, -0.2) is 4.39 Å². The van der Waals surface area contributed by atoms with E-state index in [1.54, 1.807) is 19.1 Å². The van der Waals surface area contributed by atoms with Crippen LogP contribution in [0.5, 0.6) is 0 Å². The molecule has 1 atom stereocenters. The molecule has 1 rings (SSSR count). The van der Waals surface area contributed by atoms with Gasteiger partial charge < -0.3 is 5.73 Å². The summed E-state index contributed by atoms with van der Waals surface area (Å²) < 4.78 is 13.0. The van der Waals surface area contributed by atoms with Gasteiger partial charge in [-0.05, 0) is 13.0 Å². The van der Waals surface area contributed by atoms with Crippen LogP contribution in [0.4, 0.5) is 4.39 Å². The highest BCUT2D eigenvalue weighted by Crippen LogP contribution is 2.21. The summed E-state index contributed by atoms with van der Waals surface area (Å²) in [6.07, 6.45) is 0. The average Bonchev–Trinajstić information content (AvgIpc) is 1.94. The monoisotopic (exact) mass is 173 g/mol. The molecule has 0 aliphatic heterocycles. The highest BCUT2D eigenvalue weighted by Gasteiger charge is 2.08. The van der Waals surface area contributed by atoms with Crippen LogP contribution in [0.3, 0.4) is 0 Å². The standard InChI is InChI=1S/C8H9ClFN/c1-5(11)6-3-2-4-7(9)8(6)10/h2-5H,11H2,1H3/t5-/m0/s1. The van der Waals surface area contributed by atoms with Crippen LogP contribution in [0, 0.1) is 5.82 Å². The first kappa shape index (κ1) is 8.50. The van der Waals surface area contributed by atoms with Crippen molar-refractivity contribution in [1.29, 1.82) is 0 Å². The minimum atomic E-state index is -0.413. The van der Waals surface area contributed by atoms with Gasteiger partial charge >= 0.3 is 0 Å². The molecule has 1 aromatic rings. The van der Waals surface area contributed by atoms with E-state index in [2.05, 4.69) is 0 Å². The molecule has 0 aliphatic rings. The van der Waals surface area contributed by atoms with Crippen LogP contribution in [-0.2, 0) is 0 Å². The summed E-state index contributed by atoms with van der Waals surface area (Å²) in [4.78, 5) is 0. The Bertz CT molecular complexity index is 260. The maximum atomic E-state index is 13.0. The van der Waals surface area contributed by atoms with Crippen LogP contribution in [0.2, 0.25) is 5.02 Å². The molecule has 0 fully saturated rings. The number of benzene rings is 1. The summed E-state index contributed by atoms with van der Waals surface area (Å²) >= 11 is 5.53. The average molecular weight is 174 g/mol. The highest BCUT2D eigenvalue weighted by molar-refractivity contribution is 6.30. The van der Waals surface area contributed by atoms with Crippen molar-refractivity contribution in [3.63, 3.8) is 0 Å². The van der Waals surface area contributed by atoms with E-state index in [4.69, 9.17) is 17.3 Å². The number of hydrogen-bond acceptors (Lipinski definition) is 1. The van der Waals surface area contributed by atoms with Crippen molar-refractivity contribution in [1.82, 2.24) is 0 Å². The van der Waals surface area contributed by atoms with Crippen LogP contribution in [0.1, 0.15) is 18.5 Å². The molecule has 1 aromatic carbocycles. The summed E-state index contributed by atoms with van der Waals surface area (Å²) in [5.41, 5.74) is 5.94. The lowest BCUT2D eigenvalue weighted by molar-refractivity contribution is 0.594. The van der Waals surface area contributed by atoms with Crippen molar-refractivity contribution in [2.45, 2.75) is 13.0 Å². The van der Waals surface area contributed by atoms with Gasteiger partial charge in [0, 0.05) is 11.6 Å². The second kappa shape index (κ2) is 3.20. The van der Waals surface area contributed by atoms with Crippen molar-refractivity contribution in [3.05, 3.63) is 34.6 Å². The van der Waals surface area contributed by atoms with Gasteiger partial charge in [-0.15, -0.1) is 0 Å². The van der Waals surface area contributed by atoms with Gasteiger partial charge in [0.25, 0.3) is 0 Å². The molecule has 1 nitrogen and oxygen atoms in total. The van der Waals surface area contributed by atoms with Crippen LogP contribution >= 0.6 is 11.6 Å². The van der Waals surface area contributed by atoms with Gasteiger partial charge in [0.2, 0.25) is 0 Å². The Kier molecular flexibility index (Phi) is 2.47. The zero-order chi connectivity index (χ0) is 8.43. The number of halogens is 2. The molecule has 0 spiro atoms. The van der Waals surface area contributed by atoms with Gasteiger partial charge in [0.15, 0.2) is 0 Å². The molecule has 0 aromatic heterocycles. The molecule has 11 heavy (non-hydrogen) atoms. The molecule has 2 N–H and O–H groups in total. The Hall–Kier alpha value is -0.600. The normalized spacial score (nSPS) is 13.1. The number of rotatable bonds is 1. The molecule has 0 bridgehead atoms. The van der Waals surface area contributed by atoms with Crippen molar-refractivity contribution in [2.24, 2.45) is 5.73 Å². The molecule has 0 saturated heterocycles. The molecule has 0 amide bonds. The summed E-state index contributed by atoms with van der Waals surface area (Å²) in [6, 6.07) is 4.51. The fraction of sp³-hybridized carbons (Fsp3) is 0.250. The van der Waals surface area contributed by atoms with Gasteiger partial charge in [-0.2, -0.15) is 0 Å². The van der Waals surface area contributed by atoms with E-state index >= 15 is 0 Å². The fourth-order valence-electron chi connectivity index (χ4n) is 0.872. The van der Waals surface area contributed by atoms with Gasteiger partial charge in [0.1, 0.15) is 5.82 Å². The quantitative estimate of drug-likeness (QED) is 0.694. The molecular formula is C8H9ClFN. The molecule has 0 radical (unpaired) electrons. The van der Waals surface area contributed by atoms with Crippen molar-refractivity contribution in [2.75, 3.05) is 0 Å². The van der Waals surface area contributed by atoms with Crippen molar-refractivity contribution >= 4 is 11.6 Å². The fourth-order valence-corrected chi connectivity index (χ4v) is 1.05. The maximum Gasteiger partial charge on any atom is 0.146 e. The molecule has 3 heteroatoms. The Morgan fingerprint density at radius 3 is 2.64 bits per heavy atom. The minimum absolute atomic E-state index is 0.125. The lowest BCUT2D eigenvalue weighted by atomic mass is 10.1. The second-order valence-electron chi connectivity index (χ2n) is 2.43. The SMILES string of the molecule is C[C@H](N)c1cccc(Cl)c1F. The Morgan fingerprint density at radius 1 is 1.55 bits per heavy atom. The smallest absolute Gasteiger partial charge is 0.146 e. The van der Waals surface area contributed by atoms with E-state index in [1.165, 1.54) is 6.07 Å². The van der Waals surface area contributed by atoms with E-state index in [0.717, 1.165) is 0 Å². The third-order valence-corrected chi connectivity index (χ3v) is 1.76. The zero-order valence-corrected chi connectivity index (χ0v) is 6.90. The largest absolute Gasteiger partial charge is 0.324 e. The first-order valence-corrected chi connectivity index (χ1v) is 3.70. The third-order valence-electron chi connectivity index (χ3n) is 1.47. The van der Waals surface area contributed by atoms with E-state index in [0.29, 0.717) is 5.56 Å². The van der Waals surface area contributed by atoms with E-state index in [-0.39, 0.29) is 11.1 Å². The third kappa shape index (κ3) is 1.70. The summed E-state index contributed by atoms with van der Waals surface area (Å²) in [6.45, 7) is 1.72. The number of nitrogens with two attached hydrogens (primary N) is 1. The molecular weight excluding hydrogens is 165 g/mol. The predicted molar refractivity (Wildman–Crippen MR) is 44.0 cm³/mol. The topological polar surface area (TPSA) is 26.0 Å². The van der Waals surface area contributed by atoms with Gasteiger partial charge in [0.05, 0.1) is 5.02 Å². The second-order valence-corrected chi connectivity index (χ2v) is 2.84. The van der Waals surface area contributed by atoms with E-state index < -0.39 is 5.82 Å². The van der Waals surface area contributed by atoms with Gasteiger partial charge in [-0.3, -0.25) is 0 Å². The molecule has 0 unspecified atom stereocenters. The molecule has 0 aliphatic carbocycles. The predicted octanol–water partition coefficient (Wildman–Crippen LogP) is 2.50. The lowest BCUT2D eigenvalue weighted by Crippen LogP contribution is -2.07. The van der Waals surface area contributed by atoms with Crippen LogP contribution in [0.25, 0.3) is 0 Å². The number of hydrogen-bond donors (Lipinski definition) is 1. The first-order chi connectivity index (χ1) is 5.13. The minimum Gasteiger partial charge on any atom is -0.324 e. The van der Waals surface area contributed by atoms with Crippen molar-refractivity contribution in [3.8, 4) is 0 Å². The highest BCUT2D eigenvalue weighted by atomic mass is 35.5. The first-order valence-electron chi connectivity index (χ1n) is 3.32. The van der Waals surface area contributed by atoms with Crippen LogP contribution < -0.4 is 5.73 Å².